The number of nitrogens with one attached hydrogen (secondary N) is 1. The van der Waals surface area contributed by atoms with Crippen LogP contribution >= 0.6 is 11.6 Å². The van der Waals surface area contributed by atoms with E-state index in [0.29, 0.717) is 5.69 Å². The van der Waals surface area contributed by atoms with Crippen LogP contribution in [0.2, 0.25) is 5.02 Å². The third-order valence-corrected chi connectivity index (χ3v) is 4.95. The Morgan fingerprint density at radius 3 is 2.87 bits per heavy atom. The van der Waals surface area contributed by atoms with Gasteiger partial charge in [0.2, 0.25) is 10.0 Å². The van der Waals surface area contributed by atoms with Crippen molar-refractivity contribution in [3.63, 3.8) is 0 Å². The fourth-order valence-corrected chi connectivity index (χ4v) is 3.27. The van der Waals surface area contributed by atoms with Gasteiger partial charge in [-0.15, -0.1) is 0 Å². The average molecular weight is 347 g/mol. The maximum atomic E-state index is 12.3. The van der Waals surface area contributed by atoms with Gasteiger partial charge in [-0.1, -0.05) is 17.7 Å². The van der Waals surface area contributed by atoms with E-state index >= 15 is 0 Å². The summed E-state index contributed by atoms with van der Waals surface area (Å²) in [6.07, 6.45) is 3.58. The van der Waals surface area contributed by atoms with Crippen LogP contribution in [0, 0.1) is 11.3 Å². The van der Waals surface area contributed by atoms with E-state index in [0.717, 1.165) is 5.65 Å². The summed E-state index contributed by atoms with van der Waals surface area (Å²) in [6.45, 7) is 0.0501. The maximum Gasteiger partial charge on any atom is 0.240 e. The lowest BCUT2D eigenvalue weighted by atomic mass is 10.2. The standard InChI is InChI=1S/C15H11ClN4O2S/c16-14-5-4-13(7-11(14)8-17)23(21,22)18-9-12-10-20-6-2-1-3-15(20)19-12/h1-7,10,18H,9H2. The van der Waals surface area contributed by atoms with E-state index < -0.39 is 10.0 Å². The van der Waals surface area contributed by atoms with Gasteiger partial charge in [0, 0.05) is 12.4 Å². The number of benzene rings is 1. The van der Waals surface area contributed by atoms with Gasteiger partial charge in [0.1, 0.15) is 11.7 Å². The van der Waals surface area contributed by atoms with Crippen molar-refractivity contribution in [3.8, 4) is 6.07 Å². The fraction of sp³-hybridized carbons (Fsp3) is 0.0667. The summed E-state index contributed by atoms with van der Waals surface area (Å²) in [6, 6.07) is 11.4. The molecule has 0 saturated carbocycles. The molecule has 6 nitrogen and oxygen atoms in total. The largest absolute Gasteiger partial charge is 0.307 e. The minimum absolute atomic E-state index is 0.0118. The van der Waals surface area contributed by atoms with E-state index in [1.54, 1.807) is 10.6 Å². The van der Waals surface area contributed by atoms with E-state index in [4.69, 9.17) is 16.9 Å². The maximum absolute atomic E-state index is 12.3. The Morgan fingerprint density at radius 2 is 2.13 bits per heavy atom. The molecule has 2 heterocycles. The molecule has 1 aromatic carbocycles. The molecule has 116 valence electrons. The highest BCUT2D eigenvalue weighted by atomic mass is 35.5. The fourth-order valence-electron chi connectivity index (χ4n) is 2.08. The lowest BCUT2D eigenvalue weighted by molar-refractivity contribution is 0.580. The zero-order valence-corrected chi connectivity index (χ0v) is 13.3. The SMILES string of the molecule is N#Cc1cc(S(=O)(=O)NCc2cn3ccccc3n2)ccc1Cl. The minimum atomic E-state index is -3.75. The van der Waals surface area contributed by atoms with Crippen LogP contribution in [0.5, 0.6) is 0 Å². The van der Waals surface area contributed by atoms with Gasteiger partial charge in [-0.2, -0.15) is 5.26 Å². The molecule has 0 atom stereocenters. The van der Waals surface area contributed by atoms with Crippen LogP contribution in [-0.4, -0.2) is 17.8 Å². The Kier molecular flexibility index (Phi) is 4.05. The minimum Gasteiger partial charge on any atom is -0.307 e. The first kappa shape index (κ1) is 15.5. The topological polar surface area (TPSA) is 87.3 Å². The lowest BCUT2D eigenvalue weighted by Gasteiger charge is -2.06. The van der Waals surface area contributed by atoms with E-state index in [9.17, 15) is 8.42 Å². The Balaban J connectivity index is 1.82. The monoisotopic (exact) mass is 346 g/mol. The number of hydrogen-bond donors (Lipinski definition) is 1. The second-order valence-electron chi connectivity index (χ2n) is 4.78. The van der Waals surface area contributed by atoms with Crippen LogP contribution in [0.3, 0.4) is 0 Å². The van der Waals surface area contributed by atoms with Crippen molar-refractivity contribution in [1.82, 2.24) is 14.1 Å². The molecular weight excluding hydrogens is 336 g/mol. The highest BCUT2D eigenvalue weighted by Gasteiger charge is 2.16. The third kappa shape index (κ3) is 3.19. The van der Waals surface area contributed by atoms with Gasteiger partial charge in [-0.05, 0) is 30.3 Å². The molecule has 0 bridgehead atoms. The lowest BCUT2D eigenvalue weighted by Crippen LogP contribution is -2.23. The number of nitriles is 1. The van der Waals surface area contributed by atoms with E-state index in [1.807, 2.05) is 30.5 Å². The first-order valence-electron chi connectivity index (χ1n) is 6.61. The smallest absolute Gasteiger partial charge is 0.240 e. The predicted octanol–water partition coefficient (Wildman–Crippen LogP) is 2.34. The summed E-state index contributed by atoms with van der Waals surface area (Å²) in [5.74, 6) is 0. The van der Waals surface area contributed by atoms with E-state index in [2.05, 4.69) is 9.71 Å². The van der Waals surface area contributed by atoms with E-state index in [-0.39, 0.29) is 22.0 Å². The molecule has 23 heavy (non-hydrogen) atoms. The summed E-state index contributed by atoms with van der Waals surface area (Å²) in [5.41, 5.74) is 1.44. The molecule has 0 radical (unpaired) electrons. The van der Waals surface area contributed by atoms with Crippen molar-refractivity contribution in [3.05, 3.63) is 65.1 Å². The normalized spacial score (nSPS) is 11.5. The number of sulfonamides is 1. The molecule has 0 aliphatic heterocycles. The summed E-state index contributed by atoms with van der Waals surface area (Å²) in [7, 11) is -3.75. The highest BCUT2D eigenvalue weighted by molar-refractivity contribution is 7.89. The number of pyridine rings is 1. The van der Waals surface area contributed by atoms with Crippen molar-refractivity contribution < 1.29 is 8.42 Å². The zero-order chi connectivity index (χ0) is 16.4. The number of fused-ring (bicyclic) bond motifs is 1. The average Bonchev–Trinajstić information content (AvgIpc) is 2.96. The summed E-state index contributed by atoms with van der Waals surface area (Å²) in [5, 5.41) is 9.15. The molecule has 0 amide bonds. The van der Waals surface area contributed by atoms with E-state index in [1.165, 1.54) is 18.2 Å². The molecule has 0 aliphatic rings. The number of halogens is 1. The molecule has 0 saturated heterocycles. The Morgan fingerprint density at radius 1 is 1.30 bits per heavy atom. The van der Waals surface area contributed by atoms with Crippen molar-refractivity contribution in [2.45, 2.75) is 11.4 Å². The molecule has 8 heteroatoms. The van der Waals surface area contributed by atoms with Gasteiger partial charge in [-0.3, -0.25) is 0 Å². The van der Waals surface area contributed by atoms with Crippen molar-refractivity contribution in [2.24, 2.45) is 0 Å². The second-order valence-corrected chi connectivity index (χ2v) is 6.95. The molecule has 2 aromatic heterocycles. The molecule has 1 N–H and O–H groups in total. The predicted molar refractivity (Wildman–Crippen MR) is 85.4 cm³/mol. The summed E-state index contributed by atoms with van der Waals surface area (Å²) < 4.78 is 28.9. The zero-order valence-electron chi connectivity index (χ0n) is 11.8. The Labute approximate surface area is 138 Å². The van der Waals surface area contributed by atoms with Crippen LogP contribution in [0.4, 0.5) is 0 Å². The van der Waals surface area contributed by atoms with Gasteiger partial charge in [0.15, 0.2) is 0 Å². The molecule has 0 aliphatic carbocycles. The van der Waals surface area contributed by atoms with Crippen LogP contribution < -0.4 is 4.72 Å². The first-order valence-corrected chi connectivity index (χ1v) is 8.48. The van der Waals surface area contributed by atoms with Crippen LogP contribution in [-0.2, 0) is 16.6 Å². The first-order chi connectivity index (χ1) is 11.0. The second kappa shape index (κ2) is 6.01. The van der Waals surface area contributed by atoms with Gasteiger partial charge < -0.3 is 4.40 Å². The van der Waals surface area contributed by atoms with Gasteiger partial charge in [0.25, 0.3) is 0 Å². The number of nitrogens with zero attached hydrogens (tertiary/aromatic N) is 3. The Hall–Kier alpha value is -2.40. The van der Waals surface area contributed by atoms with Crippen molar-refractivity contribution in [2.75, 3.05) is 0 Å². The number of imidazole rings is 1. The van der Waals surface area contributed by atoms with Crippen LogP contribution in [0.25, 0.3) is 5.65 Å². The third-order valence-electron chi connectivity index (χ3n) is 3.23. The van der Waals surface area contributed by atoms with Gasteiger partial charge in [0.05, 0.1) is 27.7 Å². The summed E-state index contributed by atoms with van der Waals surface area (Å²) >= 11 is 5.81. The number of rotatable bonds is 4. The van der Waals surface area contributed by atoms with Crippen molar-refractivity contribution >= 4 is 27.3 Å². The van der Waals surface area contributed by atoms with Crippen LogP contribution in [0.1, 0.15) is 11.3 Å². The number of aromatic nitrogens is 2. The number of hydrogen-bond acceptors (Lipinski definition) is 4. The molecule has 3 aromatic rings. The summed E-state index contributed by atoms with van der Waals surface area (Å²) in [4.78, 5) is 4.31. The van der Waals surface area contributed by atoms with Crippen molar-refractivity contribution in [1.29, 1.82) is 5.26 Å². The molecule has 0 spiro atoms. The highest BCUT2D eigenvalue weighted by Crippen LogP contribution is 2.19. The van der Waals surface area contributed by atoms with Gasteiger partial charge >= 0.3 is 0 Å². The van der Waals surface area contributed by atoms with Crippen LogP contribution in [0.15, 0.2) is 53.7 Å². The Bertz CT molecular complexity index is 988. The van der Waals surface area contributed by atoms with Gasteiger partial charge in [-0.25, -0.2) is 18.1 Å². The molecular formula is C15H11ClN4O2S. The quantitative estimate of drug-likeness (QED) is 0.785. The molecule has 0 unspecified atom stereocenters. The molecule has 3 rings (SSSR count). The molecule has 0 fully saturated rings.